The molecule has 162 valence electrons. The molecule has 7 heteroatoms. The zero-order chi connectivity index (χ0) is 22.1. The van der Waals surface area contributed by atoms with Crippen LogP contribution >= 0.6 is 0 Å². The number of aryl methyl sites for hydroxylation is 1. The molecule has 0 atom stereocenters. The number of aromatic nitrogens is 3. The third-order valence-corrected chi connectivity index (χ3v) is 5.95. The number of hydrogen-bond acceptors (Lipinski definition) is 6. The first kappa shape index (κ1) is 20.3. The molecule has 3 heterocycles. The quantitative estimate of drug-likeness (QED) is 0.525. The van der Waals surface area contributed by atoms with Gasteiger partial charge in [0.2, 0.25) is 0 Å². The number of benzene rings is 2. The smallest absolute Gasteiger partial charge is 0.165 e. The summed E-state index contributed by atoms with van der Waals surface area (Å²) < 4.78 is 14.1. The van der Waals surface area contributed by atoms with Crippen LogP contribution in [0.2, 0.25) is 0 Å². The third-order valence-electron chi connectivity index (χ3n) is 5.95. The van der Waals surface area contributed by atoms with E-state index in [9.17, 15) is 9.50 Å². The van der Waals surface area contributed by atoms with E-state index in [2.05, 4.69) is 32.8 Å². The van der Waals surface area contributed by atoms with Crippen LogP contribution in [0, 0.1) is 12.7 Å². The van der Waals surface area contributed by atoms with Crippen LogP contribution in [0.15, 0.2) is 60.8 Å². The topological polar surface area (TPSA) is 65.4 Å². The summed E-state index contributed by atoms with van der Waals surface area (Å²) in [6.07, 6.45) is 1.83. The number of pyridine rings is 1. The van der Waals surface area contributed by atoms with Gasteiger partial charge in [-0.2, -0.15) is 0 Å². The molecule has 0 radical (unpaired) electrons. The van der Waals surface area contributed by atoms with Crippen molar-refractivity contribution in [1.82, 2.24) is 19.9 Å². The number of piperazine rings is 1. The minimum absolute atomic E-state index is 0.121. The lowest BCUT2D eigenvalue weighted by Crippen LogP contribution is -2.46. The predicted octanol–water partition coefficient (Wildman–Crippen LogP) is 4.17. The van der Waals surface area contributed by atoms with Crippen LogP contribution in [0.3, 0.4) is 0 Å². The van der Waals surface area contributed by atoms with E-state index in [1.807, 2.05) is 18.3 Å². The van der Waals surface area contributed by atoms with E-state index < -0.39 is 0 Å². The third kappa shape index (κ3) is 3.99. The van der Waals surface area contributed by atoms with Gasteiger partial charge in [-0.3, -0.25) is 9.88 Å². The Morgan fingerprint density at radius 3 is 2.56 bits per heavy atom. The molecule has 2 aromatic heterocycles. The molecular formula is C25H24FN5O. The summed E-state index contributed by atoms with van der Waals surface area (Å²) in [5.74, 6) is 0.933. The lowest BCUT2D eigenvalue weighted by atomic mass is 10.1. The Balaban J connectivity index is 1.45. The zero-order valence-corrected chi connectivity index (χ0v) is 17.9. The summed E-state index contributed by atoms with van der Waals surface area (Å²) in [6.45, 7) is 6.11. The highest BCUT2D eigenvalue weighted by Crippen LogP contribution is 2.32. The van der Waals surface area contributed by atoms with E-state index in [1.54, 1.807) is 24.3 Å². The SMILES string of the molecule is Cc1cccnc1CN1CCN(c2nc(-c3ccccc3O)nc3ccc(F)cc23)CC1. The molecule has 1 aliphatic rings. The Bertz CT molecular complexity index is 1270. The van der Waals surface area contributed by atoms with Gasteiger partial charge in [0.15, 0.2) is 5.82 Å². The molecule has 1 N–H and O–H groups in total. The van der Waals surface area contributed by atoms with E-state index in [1.165, 1.54) is 17.7 Å². The maximum absolute atomic E-state index is 14.1. The van der Waals surface area contributed by atoms with Crippen molar-refractivity contribution in [3.05, 3.63) is 77.9 Å². The molecule has 0 bridgehead atoms. The van der Waals surface area contributed by atoms with Crippen molar-refractivity contribution in [2.75, 3.05) is 31.1 Å². The van der Waals surface area contributed by atoms with Crippen molar-refractivity contribution in [3.8, 4) is 17.1 Å². The Kier molecular flexibility index (Phi) is 5.41. The first-order chi connectivity index (χ1) is 15.6. The number of phenols is 1. The van der Waals surface area contributed by atoms with Gasteiger partial charge < -0.3 is 10.0 Å². The van der Waals surface area contributed by atoms with Crippen LogP contribution in [0.4, 0.5) is 10.2 Å². The summed E-state index contributed by atoms with van der Waals surface area (Å²) in [4.78, 5) is 18.4. The van der Waals surface area contributed by atoms with E-state index in [4.69, 9.17) is 4.98 Å². The molecule has 0 unspecified atom stereocenters. The fraction of sp³-hybridized carbons (Fsp3) is 0.240. The summed E-state index contributed by atoms with van der Waals surface area (Å²) in [5.41, 5.74) is 3.50. The van der Waals surface area contributed by atoms with Crippen LogP contribution in [-0.4, -0.2) is 51.1 Å². The second-order valence-electron chi connectivity index (χ2n) is 8.08. The highest BCUT2D eigenvalue weighted by molar-refractivity contribution is 5.91. The molecule has 1 aliphatic heterocycles. The number of phenolic OH excluding ortho intramolecular Hbond substituents is 1. The lowest BCUT2D eigenvalue weighted by Gasteiger charge is -2.36. The second kappa shape index (κ2) is 8.51. The number of para-hydroxylation sites is 1. The van der Waals surface area contributed by atoms with Crippen LogP contribution < -0.4 is 4.90 Å². The van der Waals surface area contributed by atoms with Gasteiger partial charge >= 0.3 is 0 Å². The molecule has 32 heavy (non-hydrogen) atoms. The predicted molar refractivity (Wildman–Crippen MR) is 123 cm³/mol. The van der Waals surface area contributed by atoms with Gasteiger partial charge in [-0.15, -0.1) is 0 Å². The van der Waals surface area contributed by atoms with Gasteiger partial charge in [0.1, 0.15) is 17.4 Å². The highest BCUT2D eigenvalue weighted by Gasteiger charge is 2.22. The Labute approximate surface area is 186 Å². The summed E-state index contributed by atoms with van der Waals surface area (Å²) in [5, 5.41) is 11.0. The molecule has 1 fully saturated rings. The maximum Gasteiger partial charge on any atom is 0.165 e. The number of aromatic hydroxyl groups is 1. The highest BCUT2D eigenvalue weighted by atomic mass is 19.1. The lowest BCUT2D eigenvalue weighted by molar-refractivity contribution is 0.246. The van der Waals surface area contributed by atoms with Gasteiger partial charge in [0.25, 0.3) is 0 Å². The average molecular weight is 429 g/mol. The summed E-state index contributed by atoms with van der Waals surface area (Å²) in [6, 6.07) is 15.6. The van der Waals surface area contributed by atoms with Crippen LogP contribution in [0.25, 0.3) is 22.3 Å². The second-order valence-corrected chi connectivity index (χ2v) is 8.08. The van der Waals surface area contributed by atoms with E-state index in [0.29, 0.717) is 28.1 Å². The van der Waals surface area contributed by atoms with Gasteiger partial charge in [-0.05, 0) is 48.9 Å². The molecule has 0 amide bonds. The molecule has 2 aromatic carbocycles. The average Bonchev–Trinajstić information content (AvgIpc) is 2.81. The fourth-order valence-electron chi connectivity index (χ4n) is 4.12. The van der Waals surface area contributed by atoms with Crippen molar-refractivity contribution < 1.29 is 9.50 Å². The van der Waals surface area contributed by atoms with Crippen LogP contribution in [-0.2, 0) is 6.54 Å². The van der Waals surface area contributed by atoms with Gasteiger partial charge in [-0.1, -0.05) is 18.2 Å². The molecule has 4 aromatic rings. The van der Waals surface area contributed by atoms with Gasteiger partial charge in [-0.25, -0.2) is 14.4 Å². The van der Waals surface area contributed by atoms with Crippen molar-refractivity contribution in [2.45, 2.75) is 13.5 Å². The first-order valence-electron chi connectivity index (χ1n) is 10.7. The Morgan fingerprint density at radius 2 is 1.78 bits per heavy atom. The van der Waals surface area contributed by atoms with Crippen molar-refractivity contribution in [3.63, 3.8) is 0 Å². The van der Waals surface area contributed by atoms with Gasteiger partial charge in [0, 0.05) is 44.3 Å². The van der Waals surface area contributed by atoms with Gasteiger partial charge in [0.05, 0.1) is 16.8 Å². The number of hydrogen-bond donors (Lipinski definition) is 1. The first-order valence-corrected chi connectivity index (χ1v) is 10.7. The van der Waals surface area contributed by atoms with E-state index in [-0.39, 0.29) is 11.6 Å². The van der Waals surface area contributed by atoms with Crippen molar-refractivity contribution in [2.24, 2.45) is 0 Å². The number of fused-ring (bicyclic) bond motifs is 1. The van der Waals surface area contributed by atoms with Crippen molar-refractivity contribution in [1.29, 1.82) is 0 Å². The molecular weight excluding hydrogens is 405 g/mol. The maximum atomic E-state index is 14.1. The number of anilines is 1. The number of nitrogens with zero attached hydrogens (tertiary/aromatic N) is 5. The van der Waals surface area contributed by atoms with Crippen LogP contribution in [0.5, 0.6) is 5.75 Å². The van der Waals surface area contributed by atoms with E-state index in [0.717, 1.165) is 38.4 Å². The molecule has 0 aliphatic carbocycles. The summed E-state index contributed by atoms with van der Waals surface area (Å²) >= 11 is 0. The normalized spacial score (nSPS) is 14.8. The minimum Gasteiger partial charge on any atom is -0.507 e. The minimum atomic E-state index is -0.318. The van der Waals surface area contributed by atoms with E-state index >= 15 is 0 Å². The molecule has 1 saturated heterocycles. The molecule has 5 rings (SSSR count). The number of rotatable bonds is 4. The Hall–Kier alpha value is -3.58. The number of halogens is 1. The molecule has 0 saturated carbocycles. The molecule has 6 nitrogen and oxygen atoms in total. The Morgan fingerprint density at radius 1 is 0.969 bits per heavy atom. The zero-order valence-electron chi connectivity index (χ0n) is 17.9. The monoisotopic (exact) mass is 429 g/mol. The van der Waals surface area contributed by atoms with Crippen LogP contribution in [0.1, 0.15) is 11.3 Å². The fourth-order valence-corrected chi connectivity index (χ4v) is 4.12. The largest absolute Gasteiger partial charge is 0.507 e. The summed E-state index contributed by atoms with van der Waals surface area (Å²) in [7, 11) is 0. The van der Waals surface area contributed by atoms with Crippen molar-refractivity contribution >= 4 is 16.7 Å². The molecule has 0 spiro atoms. The standard InChI is InChI=1S/C25H24FN5O/c1-17-5-4-10-27-22(17)16-30-11-13-31(14-12-30)25-20-15-18(26)8-9-21(20)28-24(29-25)19-6-2-3-7-23(19)32/h2-10,15,32H,11-14,16H2,1H3.